The Morgan fingerprint density at radius 2 is 2.04 bits per heavy atom. The van der Waals surface area contributed by atoms with Gasteiger partial charge in [-0.15, -0.1) is 0 Å². The van der Waals surface area contributed by atoms with Crippen LogP contribution in [0.4, 0.5) is 5.69 Å². The number of anilines is 1. The molecule has 0 saturated heterocycles. The lowest BCUT2D eigenvalue weighted by atomic mass is 10.0. The smallest absolute Gasteiger partial charge is 0.224 e. The zero-order chi connectivity index (χ0) is 18.2. The number of nitrogens with one attached hydrogen (secondary N) is 2. The molecule has 0 aliphatic carbocycles. The van der Waals surface area contributed by atoms with Gasteiger partial charge in [0.15, 0.2) is 5.96 Å². The molecule has 0 atom stereocenters. The molecule has 6 nitrogen and oxygen atoms in total. The molecule has 1 heterocycles. The van der Waals surface area contributed by atoms with Crippen LogP contribution in [0, 0.1) is 0 Å². The molecule has 26 heavy (non-hydrogen) atoms. The number of carbonyl (C=O) groups excluding carboxylic acids is 1. The molecule has 2 aromatic carbocycles. The second-order valence-electron chi connectivity index (χ2n) is 6.14. The maximum absolute atomic E-state index is 11.4. The van der Waals surface area contributed by atoms with Gasteiger partial charge in [-0.2, -0.15) is 0 Å². The minimum atomic E-state index is 0.0670. The van der Waals surface area contributed by atoms with Gasteiger partial charge in [-0.3, -0.25) is 9.79 Å². The summed E-state index contributed by atoms with van der Waals surface area (Å²) in [7, 11) is 0. The molecular formula is C20H24N4O2. The predicted octanol–water partition coefficient (Wildman–Crippen LogP) is 2.10. The second kappa shape index (κ2) is 8.89. The highest BCUT2D eigenvalue weighted by atomic mass is 16.5. The highest BCUT2D eigenvalue weighted by Gasteiger charge is 2.14. The van der Waals surface area contributed by atoms with Crippen molar-refractivity contribution in [2.75, 3.05) is 25.0 Å². The number of nitrogens with two attached hydrogens (primary N) is 1. The fraction of sp³-hybridized carbons (Fsp3) is 0.300. The monoisotopic (exact) mass is 352 g/mol. The van der Waals surface area contributed by atoms with Crippen molar-refractivity contribution in [2.45, 2.75) is 19.3 Å². The summed E-state index contributed by atoms with van der Waals surface area (Å²) in [6.45, 7) is 1.72. The summed E-state index contributed by atoms with van der Waals surface area (Å²) in [5.74, 6) is 1.29. The van der Waals surface area contributed by atoms with E-state index in [-0.39, 0.29) is 5.91 Å². The van der Waals surface area contributed by atoms with E-state index < -0.39 is 0 Å². The average molecular weight is 352 g/mol. The molecule has 0 saturated carbocycles. The number of benzene rings is 2. The van der Waals surface area contributed by atoms with E-state index >= 15 is 0 Å². The lowest BCUT2D eigenvalue weighted by Crippen LogP contribution is -2.35. The molecule has 0 bridgehead atoms. The fourth-order valence-electron chi connectivity index (χ4n) is 2.80. The number of rotatable bonds is 7. The summed E-state index contributed by atoms with van der Waals surface area (Å²) in [4.78, 5) is 15.7. The number of carbonyl (C=O) groups is 1. The third-order valence-electron chi connectivity index (χ3n) is 4.17. The number of amides is 1. The van der Waals surface area contributed by atoms with Gasteiger partial charge in [0, 0.05) is 18.7 Å². The number of aryl methyl sites for hydroxylation is 1. The molecule has 6 heteroatoms. The number of nitrogens with zero attached hydrogens (tertiary/aromatic N) is 1. The minimum absolute atomic E-state index is 0.0670. The summed E-state index contributed by atoms with van der Waals surface area (Å²) in [6.07, 6.45) is 2.14. The zero-order valence-electron chi connectivity index (χ0n) is 14.7. The van der Waals surface area contributed by atoms with Gasteiger partial charge in [-0.05, 0) is 42.2 Å². The summed E-state index contributed by atoms with van der Waals surface area (Å²) in [6, 6.07) is 15.9. The number of ether oxygens (including phenoxy) is 1. The Hall–Kier alpha value is -3.02. The highest BCUT2D eigenvalue weighted by molar-refractivity contribution is 5.94. The van der Waals surface area contributed by atoms with Gasteiger partial charge in [-0.25, -0.2) is 0 Å². The van der Waals surface area contributed by atoms with Crippen LogP contribution >= 0.6 is 0 Å². The Balaban J connectivity index is 1.37. The van der Waals surface area contributed by atoms with E-state index in [4.69, 9.17) is 10.5 Å². The molecule has 0 fully saturated rings. The van der Waals surface area contributed by atoms with E-state index in [1.807, 2.05) is 36.4 Å². The first-order valence-corrected chi connectivity index (χ1v) is 8.84. The van der Waals surface area contributed by atoms with Gasteiger partial charge in [-0.1, -0.05) is 30.3 Å². The van der Waals surface area contributed by atoms with Crippen LogP contribution in [0.2, 0.25) is 0 Å². The van der Waals surface area contributed by atoms with Crippen LogP contribution in [0.5, 0.6) is 5.75 Å². The van der Waals surface area contributed by atoms with Gasteiger partial charge in [0.25, 0.3) is 0 Å². The maximum atomic E-state index is 11.4. The van der Waals surface area contributed by atoms with Crippen LogP contribution in [0.1, 0.15) is 17.5 Å². The summed E-state index contributed by atoms with van der Waals surface area (Å²) < 4.78 is 5.74. The first-order chi connectivity index (χ1) is 12.7. The number of hydrogen-bond donors (Lipinski definition) is 3. The summed E-state index contributed by atoms with van der Waals surface area (Å²) >= 11 is 0. The van der Waals surface area contributed by atoms with E-state index in [1.54, 1.807) is 0 Å². The van der Waals surface area contributed by atoms with Gasteiger partial charge < -0.3 is 21.1 Å². The van der Waals surface area contributed by atoms with E-state index in [9.17, 15) is 4.79 Å². The van der Waals surface area contributed by atoms with Crippen molar-refractivity contribution in [2.24, 2.45) is 10.7 Å². The van der Waals surface area contributed by atoms with Crippen LogP contribution in [0.3, 0.4) is 0 Å². The van der Waals surface area contributed by atoms with Crippen molar-refractivity contribution in [1.82, 2.24) is 5.32 Å². The number of aliphatic imine (C=N–C) groups is 1. The van der Waals surface area contributed by atoms with Gasteiger partial charge in [0.1, 0.15) is 12.4 Å². The van der Waals surface area contributed by atoms with Crippen molar-refractivity contribution >= 4 is 17.6 Å². The van der Waals surface area contributed by atoms with E-state index in [2.05, 4.69) is 27.8 Å². The lowest BCUT2D eigenvalue weighted by molar-refractivity contribution is -0.116. The van der Waals surface area contributed by atoms with Crippen LogP contribution in [0.25, 0.3) is 0 Å². The Morgan fingerprint density at radius 3 is 2.88 bits per heavy atom. The van der Waals surface area contributed by atoms with Crippen LogP contribution in [-0.4, -0.2) is 31.6 Å². The summed E-state index contributed by atoms with van der Waals surface area (Å²) in [5, 5.41) is 5.91. The largest absolute Gasteiger partial charge is 0.492 e. The number of guanidine groups is 1. The van der Waals surface area contributed by atoms with Crippen molar-refractivity contribution in [3.63, 3.8) is 0 Å². The molecular weight excluding hydrogens is 328 g/mol. The number of hydrogen-bond acceptors (Lipinski definition) is 3. The SMILES string of the molecule is NC(=NCCc1ccccc1)NCCOc1ccc2c(c1)CCC(=O)N2. The van der Waals surface area contributed by atoms with E-state index in [1.165, 1.54) is 5.56 Å². The average Bonchev–Trinajstić information content (AvgIpc) is 2.66. The third-order valence-corrected chi connectivity index (χ3v) is 4.17. The van der Waals surface area contributed by atoms with Gasteiger partial charge in [0.2, 0.25) is 5.91 Å². The first kappa shape index (κ1) is 17.8. The number of fused-ring (bicyclic) bond motifs is 1. The van der Waals surface area contributed by atoms with Crippen molar-refractivity contribution in [3.8, 4) is 5.75 Å². The van der Waals surface area contributed by atoms with Crippen LogP contribution < -0.4 is 21.1 Å². The minimum Gasteiger partial charge on any atom is -0.492 e. The fourth-order valence-corrected chi connectivity index (χ4v) is 2.80. The van der Waals surface area contributed by atoms with Gasteiger partial charge in [0.05, 0.1) is 6.54 Å². The predicted molar refractivity (Wildman–Crippen MR) is 104 cm³/mol. The van der Waals surface area contributed by atoms with Crippen molar-refractivity contribution in [1.29, 1.82) is 0 Å². The molecule has 2 aromatic rings. The third kappa shape index (κ3) is 5.24. The van der Waals surface area contributed by atoms with Gasteiger partial charge >= 0.3 is 0 Å². The Labute approximate surface area is 153 Å². The molecule has 1 amide bonds. The molecule has 1 aliphatic rings. The quantitative estimate of drug-likeness (QED) is 0.404. The molecule has 0 aromatic heterocycles. The normalized spacial score (nSPS) is 13.7. The Morgan fingerprint density at radius 1 is 1.19 bits per heavy atom. The second-order valence-corrected chi connectivity index (χ2v) is 6.14. The van der Waals surface area contributed by atoms with E-state index in [0.717, 1.165) is 29.8 Å². The molecule has 136 valence electrons. The maximum Gasteiger partial charge on any atom is 0.224 e. The van der Waals surface area contributed by atoms with Crippen LogP contribution in [0.15, 0.2) is 53.5 Å². The molecule has 3 rings (SSSR count). The molecule has 0 unspecified atom stereocenters. The highest BCUT2D eigenvalue weighted by Crippen LogP contribution is 2.26. The van der Waals surface area contributed by atoms with Crippen LogP contribution in [-0.2, 0) is 17.6 Å². The lowest BCUT2D eigenvalue weighted by Gasteiger charge is -2.17. The zero-order valence-corrected chi connectivity index (χ0v) is 14.7. The topological polar surface area (TPSA) is 88.7 Å². The molecule has 0 radical (unpaired) electrons. The molecule has 1 aliphatic heterocycles. The molecule has 0 spiro atoms. The van der Waals surface area contributed by atoms with Crippen molar-refractivity contribution < 1.29 is 9.53 Å². The Kier molecular flexibility index (Phi) is 6.09. The molecule has 4 N–H and O–H groups in total. The van der Waals surface area contributed by atoms with Crippen molar-refractivity contribution in [3.05, 3.63) is 59.7 Å². The Bertz CT molecular complexity index is 775. The van der Waals surface area contributed by atoms with E-state index in [0.29, 0.717) is 32.1 Å². The summed E-state index contributed by atoms with van der Waals surface area (Å²) in [5.41, 5.74) is 9.10. The first-order valence-electron chi connectivity index (χ1n) is 8.84. The standard InChI is InChI=1S/C20H24N4O2/c21-20(22-11-10-15-4-2-1-3-5-15)23-12-13-26-17-7-8-18-16(14-17)6-9-19(25)24-18/h1-5,7-8,14H,6,9-13H2,(H,24,25)(H3,21,22,23).